The van der Waals surface area contributed by atoms with Gasteiger partial charge in [0.25, 0.3) is 0 Å². The van der Waals surface area contributed by atoms with Crippen molar-refractivity contribution in [3.8, 4) is 17.3 Å². The molecule has 1 aromatic carbocycles. The fourth-order valence-corrected chi connectivity index (χ4v) is 7.50. The lowest BCUT2D eigenvalue weighted by atomic mass is 9.95. The first-order valence-corrected chi connectivity index (χ1v) is 15.3. The number of ether oxygens (including phenoxy) is 1. The maximum Gasteiger partial charge on any atom is 0.319 e. The lowest BCUT2D eigenvalue weighted by molar-refractivity contribution is 0.0447. The zero-order valence-corrected chi connectivity index (χ0v) is 25.1. The summed E-state index contributed by atoms with van der Waals surface area (Å²) in [4.78, 5) is 17.9. The molecule has 6 heterocycles. The average Bonchev–Trinajstić information content (AvgIpc) is 3.66. The topological polar surface area (TPSA) is 103 Å². The molecule has 3 aliphatic heterocycles. The van der Waals surface area contributed by atoms with Crippen molar-refractivity contribution in [3.05, 3.63) is 40.4 Å². The number of halogens is 4. The van der Waals surface area contributed by atoms with E-state index in [2.05, 4.69) is 25.1 Å². The van der Waals surface area contributed by atoms with Gasteiger partial charge in [0.2, 0.25) is 0 Å². The molecule has 43 heavy (non-hydrogen) atoms. The number of anilines is 1. The van der Waals surface area contributed by atoms with E-state index in [1.165, 1.54) is 5.54 Å². The van der Waals surface area contributed by atoms with Crippen molar-refractivity contribution in [1.29, 1.82) is 0 Å². The van der Waals surface area contributed by atoms with Gasteiger partial charge >= 0.3 is 6.01 Å². The van der Waals surface area contributed by atoms with Crippen LogP contribution in [0.4, 0.5) is 14.6 Å². The molecule has 9 nitrogen and oxygen atoms in total. The van der Waals surface area contributed by atoms with E-state index in [4.69, 9.17) is 32.9 Å². The van der Waals surface area contributed by atoms with Gasteiger partial charge in [-0.25, -0.2) is 8.78 Å². The molecule has 226 valence electrons. The van der Waals surface area contributed by atoms with Gasteiger partial charge < -0.3 is 14.7 Å². The number of benzene rings is 1. The van der Waals surface area contributed by atoms with E-state index in [0.29, 0.717) is 70.7 Å². The summed E-state index contributed by atoms with van der Waals surface area (Å²) in [5, 5.41) is 19.2. The number of aliphatic hydroxyl groups is 1. The van der Waals surface area contributed by atoms with Crippen LogP contribution in [-0.2, 0) is 0 Å². The molecule has 0 unspecified atom stereocenters. The van der Waals surface area contributed by atoms with Gasteiger partial charge in [-0.3, -0.25) is 15.0 Å². The summed E-state index contributed by atoms with van der Waals surface area (Å²) < 4.78 is 37.4. The molecule has 0 spiro atoms. The Balaban J connectivity index is 1.38. The molecule has 3 saturated heterocycles. The zero-order valence-electron chi connectivity index (χ0n) is 23.6. The third kappa shape index (κ3) is 5.00. The number of hydrogen-bond donors (Lipinski definition) is 2. The number of piperidine rings is 1. The van der Waals surface area contributed by atoms with Crippen LogP contribution in [-0.4, -0.2) is 85.3 Å². The summed E-state index contributed by atoms with van der Waals surface area (Å²) in [5.74, 6) is -0.261. The lowest BCUT2D eigenvalue weighted by Crippen LogP contribution is -2.46. The highest BCUT2D eigenvalue weighted by Gasteiger charge is 2.49. The number of pyridine rings is 1. The third-order valence-electron chi connectivity index (χ3n) is 9.05. The Morgan fingerprint density at radius 1 is 1.21 bits per heavy atom. The molecule has 3 fully saturated rings. The average molecular weight is 631 g/mol. The number of β-amino-alcohol motifs (C(OH)–C–C–N with tert-alkyl or cyclic N) is 1. The number of H-pyrrole nitrogens is 1. The Bertz CT molecular complexity index is 1750. The highest BCUT2D eigenvalue weighted by Crippen LogP contribution is 2.42. The summed E-state index contributed by atoms with van der Waals surface area (Å²) >= 11 is 12.5. The van der Waals surface area contributed by atoms with Crippen molar-refractivity contribution in [2.24, 2.45) is 0 Å². The quantitative estimate of drug-likeness (QED) is 0.273. The first-order chi connectivity index (χ1) is 20.7. The van der Waals surface area contributed by atoms with E-state index in [0.717, 1.165) is 25.8 Å². The van der Waals surface area contributed by atoms with Crippen molar-refractivity contribution in [2.45, 2.75) is 56.3 Å². The minimum atomic E-state index is -0.942. The number of rotatable bonds is 6. The van der Waals surface area contributed by atoms with Gasteiger partial charge in [-0.15, -0.1) is 0 Å². The Kier molecular flexibility index (Phi) is 7.19. The second-order valence-corrected chi connectivity index (χ2v) is 12.8. The molecule has 13 heteroatoms. The molecule has 0 amide bonds. The van der Waals surface area contributed by atoms with E-state index < -0.39 is 23.1 Å². The molecule has 3 aromatic heterocycles. The summed E-state index contributed by atoms with van der Waals surface area (Å²) in [6, 6.07) is 1.69. The molecule has 3 atom stereocenters. The minimum absolute atomic E-state index is 0.00673. The van der Waals surface area contributed by atoms with E-state index >= 15 is 4.39 Å². The number of aromatic amines is 1. The van der Waals surface area contributed by atoms with Crippen LogP contribution in [0.1, 0.15) is 44.6 Å². The summed E-state index contributed by atoms with van der Waals surface area (Å²) in [6.45, 7) is 4.10. The predicted octanol–water partition coefficient (Wildman–Crippen LogP) is 5.88. The molecule has 3 aliphatic rings. The van der Waals surface area contributed by atoms with Crippen molar-refractivity contribution >= 4 is 56.9 Å². The minimum Gasteiger partial charge on any atom is -0.461 e. The van der Waals surface area contributed by atoms with Gasteiger partial charge in [0.15, 0.2) is 5.82 Å². The van der Waals surface area contributed by atoms with E-state index in [1.54, 1.807) is 31.5 Å². The van der Waals surface area contributed by atoms with Gasteiger partial charge in [0, 0.05) is 54.3 Å². The number of nitrogens with zero attached hydrogens (tertiary/aromatic N) is 6. The van der Waals surface area contributed by atoms with Gasteiger partial charge in [-0.2, -0.15) is 15.1 Å². The van der Waals surface area contributed by atoms with Crippen molar-refractivity contribution in [2.75, 3.05) is 37.7 Å². The first kappa shape index (κ1) is 28.6. The Morgan fingerprint density at radius 3 is 2.86 bits per heavy atom. The fraction of sp³-hybridized carbons (Fsp3) is 0.467. The van der Waals surface area contributed by atoms with Crippen LogP contribution in [0.5, 0.6) is 6.01 Å². The first-order valence-electron chi connectivity index (χ1n) is 14.5. The van der Waals surface area contributed by atoms with Gasteiger partial charge in [0.05, 0.1) is 33.3 Å². The van der Waals surface area contributed by atoms with Crippen LogP contribution in [0.3, 0.4) is 0 Å². The predicted molar refractivity (Wildman–Crippen MR) is 163 cm³/mol. The smallest absolute Gasteiger partial charge is 0.319 e. The Morgan fingerprint density at radius 2 is 2.05 bits per heavy atom. The van der Waals surface area contributed by atoms with Crippen molar-refractivity contribution in [1.82, 2.24) is 30.0 Å². The lowest BCUT2D eigenvalue weighted by Gasteiger charge is -2.38. The van der Waals surface area contributed by atoms with Crippen LogP contribution in [0.2, 0.25) is 5.02 Å². The molecule has 0 radical (unpaired) electrons. The summed E-state index contributed by atoms with van der Waals surface area (Å²) in [5.41, 5.74) is 1.48. The normalized spacial score (nSPS) is 26.3. The molecule has 0 bridgehead atoms. The molecule has 0 aliphatic carbocycles. The largest absolute Gasteiger partial charge is 0.461 e. The third-order valence-corrected chi connectivity index (χ3v) is 9.49. The number of hydrogen-bond acceptors (Lipinski definition) is 8. The zero-order chi connectivity index (χ0) is 29.9. The highest BCUT2D eigenvalue weighted by molar-refractivity contribution is 6.34. The Hall–Kier alpha value is -3.12. The van der Waals surface area contributed by atoms with Crippen LogP contribution in [0, 0.1) is 5.82 Å². The number of aromatic nitrogens is 5. The monoisotopic (exact) mass is 629 g/mol. The molecule has 4 aromatic rings. The number of fused-ring (bicyclic) bond motifs is 3. The molecule has 0 saturated carbocycles. The van der Waals surface area contributed by atoms with Gasteiger partial charge in [0.1, 0.15) is 29.8 Å². The maximum absolute atomic E-state index is 16.8. The second kappa shape index (κ2) is 10.8. The van der Waals surface area contributed by atoms with Crippen molar-refractivity contribution in [3.63, 3.8) is 0 Å². The van der Waals surface area contributed by atoms with Crippen molar-refractivity contribution < 1.29 is 18.6 Å². The van der Waals surface area contributed by atoms with Crippen LogP contribution >= 0.6 is 23.2 Å². The summed E-state index contributed by atoms with van der Waals surface area (Å²) in [7, 11) is 0. The van der Waals surface area contributed by atoms with Gasteiger partial charge in [-0.05, 0) is 51.3 Å². The molecule has 2 N–H and O–H groups in total. The van der Waals surface area contributed by atoms with Crippen LogP contribution in [0.15, 0.2) is 24.0 Å². The van der Waals surface area contributed by atoms with E-state index in [9.17, 15) is 9.50 Å². The van der Waals surface area contributed by atoms with Crippen LogP contribution in [0.25, 0.3) is 39.1 Å². The van der Waals surface area contributed by atoms with Crippen LogP contribution < -0.4 is 9.64 Å². The highest BCUT2D eigenvalue weighted by atomic mass is 35.5. The van der Waals surface area contributed by atoms with E-state index in [-0.39, 0.29) is 23.8 Å². The van der Waals surface area contributed by atoms with E-state index in [1.807, 2.05) is 4.90 Å². The standard InChI is InChI=1S/C30H31Cl2F2N7O2/c1-29(42)5-2-8-40(15-29)27-20-12-35-26(23-18(4-7-31)21(32)10-22-19(23)13-36-39-22)24(34)25(20)37-28(38-27)43-16-30-6-3-9-41(30)14-17(33)11-30/h4,7,10,12-13,17,42H,2-3,5-6,8-9,11,14-16H2,1H3,(H,36,39)/b7-4+/t17-,29-,30+/m1/s1. The van der Waals surface area contributed by atoms with Gasteiger partial charge in [-0.1, -0.05) is 23.2 Å². The fourth-order valence-electron chi connectivity index (χ4n) is 7.11. The SMILES string of the molecule is C[C@@]1(O)CCCN(c2nc(OC[C@@]34CCCN3C[C@H](F)C4)nc3c(F)c(-c4c(/C=C/Cl)c(Cl)cc5[nH]ncc45)ncc23)C1. The molecular weight excluding hydrogens is 599 g/mol. The second-order valence-electron chi connectivity index (χ2n) is 12.2. The molecular formula is C30H31Cl2F2N7O2. The number of nitrogens with one attached hydrogen (secondary N) is 1. The summed E-state index contributed by atoms with van der Waals surface area (Å²) in [6.07, 6.45) is 7.34. The maximum atomic E-state index is 16.8. The Labute approximate surface area is 256 Å². The number of alkyl halides is 1. The molecule has 7 rings (SSSR count).